The van der Waals surface area contributed by atoms with Gasteiger partial charge in [0.1, 0.15) is 0 Å². The van der Waals surface area contributed by atoms with Gasteiger partial charge >= 0.3 is 0 Å². The Bertz CT molecular complexity index is 681. The number of aryl methyl sites for hydroxylation is 2. The molecule has 1 fully saturated rings. The van der Waals surface area contributed by atoms with E-state index in [-0.39, 0.29) is 11.8 Å². The summed E-state index contributed by atoms with van der Waals surface area (Å²) in [5.41, 5.74) is 2.85. The van der Waals surface area contributed by atoms with E-state index < -0.39 is 0 Å². The lowest BCUT2D eigenvalue weighted by molar-refractivity contribution is -0.121. The van der Waals surface area contributed by atoms with E-state index in [1.54, 1.807) is 4.90 Å². The van der Waals surface area contributed by atoms with E-state index >= 15 is 0 Å². The van der Waals surface area contributed by atoms with Crippen LogP contribution in [0.25, 0.3) is 0 Å². The van der Waals surface area contributed by atoms with E-state index in [2.05, 4.69) is 14.9 Å². The van der Waals surface area contributed by atoms with Gasteiger partial charge in [0.25, 0.3) is 0 Å². The summed E-state index contributed by atoms with van der Waals surface area (Å²) in [4.78, 5) is 25.6. The van der Waals surface area contributed by atoms with Gasteiger partial charge in [-0.05, 0) is 38.5 Å². The van der Waals surface area contributed by atoms with E-state index in [0.717, 1.165) is 36.0 Å². The number of anilines is 2. The van der Waals surface area contributed by atoms with Crippen LogP contribution in [0.4, 0.5) is 11.6 Å². The molecule has 1 amide bonds. The molecule has 5 heteroatoms. The minimum absolute atomic E-state index is 0.00961. The van der Waals surface area contributed by atoms with Crippen LogP contribution in [-0.2, 0) is 4.79 Å². The van der Waals surface area contributed by atoms with Crippen LogP contribution in [-0.4, -0.2) is 36.0 Å². The number of carbonyl (C=O) groups is 1. The molecule has 0 unspecified atom stereocenters. The summed E-state index contributed by atoms with van der Waals surface area (Å²) in [5.74, 6) is 0.882. The second kappa shape index (κ2) is 6.36. The molecule has 0 N–H and O–H groups in total. The van der Waals surface area contributed by atoms with Gasteiger partial charge < -0.3 is 9.80 Å². The predicted octanol–water partition coefficient (Wildman–Crippen LogP) is 2.58. The molecule has 2 aromatic rings. The zero-order chi connectivity index (χ0) is 16.4. The van der Waals surface area contributed by atoms with Gasteiger partial charge in [0.05, 0.1) is 5.92 Å². The molecule has 1 saturated heterocycles. The maximum Gasteiger partial charge on any atom is 0.231 e. The standard InChI is InChI=1S/C18H22N4O/c1-13-11-14(2)20-18(19-13)22-10-9-15(12-22)17(23)21(3)16-7-5-4-6-8-16/h4-8,11,15H,9-10,12H2,1-3H3/t15-/m1/s1. The first kappa shape index (κ1) is 15.5. The summed E-state index contributed by atoms with van der Waals surface area (Å²) in [7, 11) is 1.84. The maximum absolute atomic E-state index is 12.7. The van der Waals surface area contributed by atoms with Crippen molar-refractivity contribution in [1.29, 1.82) is 0 Å². The van der Waals surface area contributed by atoms with Crippen molar-refractivity contribution in [3.8, 4) is 0 Å². The molecule has 3 rings (SSSR count). The molecule has 1 aromatic carbocycles. The molecule has 1 aliphatic rings. The van der Waals surface area contributed by atoms with Gasteiger partial charge in [-0.15, -0.1) is 0 Å². The Balaban J connectivity index is 1.71. The maximum atomic E-state index is 12.7. The normalized spacial score (nSPS) is 17.3. The third-order valence-corrected chi connectivity index (χ3v) is 4.26. The summed E-state index contributed by atoms with van der Waals surface area (Å²) in [6.07, 6.45) is 0.840. The molecule has 1 aromatic heterocycles. The first-order chi connectivity index (χ1) is 11.0. The Morgan fingerprint density at radius 2 is 1.83 bits per heavy atom. The molecule has 0 radical (unpaired) electrons. The van der Waals surface area contributed by atoms with E-state index in [1.165, 1.54) is 0 Å². The van der Waals surface area contributed by atoms with Crippen LogP contribution in [0.1, 0.15) is 17.8 Å². The van der Waals surface area contributed by atoms with Gasteiger partial charge in [-0.3, -0.25) is 4.79 Å². The van der Waals surface area contributed by atoms with Gasteiger partial charge in [-0.2, -0.15) is 0 Å². The van der Waals surface area contributed by atoms with Crippen LogP contribution in [0.2, 0.25) is 0 Å². The van der Waals surface area contributed by atoms with Crippen molar-refractivity contribution in [2.24, 2.45) is 5.92 Å². The number of para-hydroxylation sites is 1. The molecule has 0 aliphatic carbocycles. The summed E-state index contributed by atoms with van der Waals surface area (Å²) in [6, 6.07) is 11.7. The average Bonchev–Trinajstić information content (AvgIpc) is 3.03. The number of carbonyl (C=O) groups excluding carboxylic acids is 1. The number of rotatable bonds is 3. The monoisotopic (exact) mass is 310 g/mol. The molecule has 0 bridgehead atoms. The molecular weight excluding hydrogens is 288 g/mol. The van der Waals surface area contributed by atoms with Crippen LogP contribution < -0.4 is 9.80 Å². The summed E-state index contributed by atoms with van der Waals surface area (Å²) >= 11 is 0. The Hall–Kier alpha value is -2.43. The summed E-state index contributed by atoms with van der Waals surface area (Å²) in [6.45, 7) is 5.45. The topological polar surface area (TPSA) is 49.3 Å². The number of amides is 1. The van der Waals surface area contributed by atoms with Crippen molar-refractivity contribution in [3.63, 3.8) is 0 Å². The van der Waals surface area contributed by atoms with Crippen molar-refractivity contribution in [1.82, 2.24) is 9.97 Å². The summed E-state index contributed by atoms with van der Waals surface area (Å²) in [5, 5.41) is 0. The average molecular weight is 310 g/mol. The van der Waals surface area contributed by atoms with Crippen molar-refractivity contribution < 1.29 is 4.79 Å². The highest BCUT2D eigenvalue weighted by Gasteiger charge is 2.32. The zero-order valence-electron chi connectivity index (χ0n) is 13.9. The quantitative estimate of drug-likeness (QED) is 0.874. The number of aromatic nitrogens is 2. The van der Waals surface area contributed by atoms with Crippen molar-refractivity contribution in [2.75, 3.05) is 29.9 Å². The highest BCUT2D eigenvalue weighted by molar-refractivity contribution is 5.95. The largest absolute Gasteiger partial charge is 0.340 e. The minimum atomic E-state index is -0.00961. The third kappa shape index (κ3) is 3.33. The van der Waals surface area contributed by atoms with Crippen molar-refractivity contribution in [2.45, 2.75) is 20.3 Å². The highest BCUT2D eigenvalue weighted by Crippen LogP contribution is 2.24. The zero-order valence-corrected chi connectivity index (χ0v) is 13.9. The fraction of sp³-hybridized carbons (Fsp3) is 0.389. The Labute approximate surface area is 137 Å². The van der Waals surface area contributed by atoms with E-state index in [4.69, 9.17) is 0 Å². The first-order valence-corrected chi connectivity index (χ1v) is 7.94. The van der Waals surface area contributed by atoms with Crippen LogP contribution in [0, 0.1) is 19.8 Å². The fourth-order valence-electron chi connectivity index (χ4n) is 3.04. The molecule has 23 heavy (non-hydrogen) atoms. The van der Waals surface area contributed by atoms with Crippen LogP contribution in [0.3, 0.4) is 0 Å². The number of nitrogens with zero attached hydrogens (tertiary/aromatic N) is 4. The van der Waals surface area contributed by atoms with Crippen LogP contribution in [0.5, 0.6) is 0 Å². The summed E-state index contributed by atoms with van der Waals surface area (Å²) < 4.78 is 0. The Kier molecular flexibility index (Phi) is 4.28. The number of hydrogen-bond acceptors (Lipinski definition) is 4. The SMILES string of the molecule is Cc1cc(C)nc(N2CC[C@@H](C(=O)N(C)c3ccccc3)C2)n1. The van der Waals surface area contributed by atoms with E-state index in [0.29, 0.717) is 6.54 Å². The number of hydrogen-bond donors (Lipinski definition) is 0. The lowest BCUT2D eigenvalue weighted by Gasteiger charge is -2.22. The van der Waals surface area contributed by atoms with Gasteiger partial charge in [-0.25, -0.2) is 9.97 Å². The molecular formula is C18H22N4O. The molecule has 1 aliphatic heterocycles. The van der Waals surface area contributed by atoms with Gasteiger partial charge in [0, 0.05) is 37.2 Å². The smallest absolute Gasteiger partial charge is 0.231 e. The van der Waals surface area contributed by atoms with Crippen LogP contribution in [0.15, 0.2) is 36.4 Å². The molecule has 0 saturated carbocycles. The van der Waals surface area contributed by atoms with Gasteiger partial charge in [-0.1, -0.05) is 18.2 Å². The van der Waals surface area contributed by atoms with Crippen molar-refractivity contribution in [3.05, 3.63) is 47.8 Å². The lowest BCUT2D eigenvalue weighted by atomic mass is 10.1. The van der Waals surface area contributed by atoms with Crippen LogP contribution >= 0.6 is 0 Å². The molecule has 2 heterocycles. The molecule has 120 valence electrons. The van der Waals surface area contributed by atoms with Gasteiger partial charge in [0.2, 0.25) is 11.9 Å². The minimum Gasteiger partial charge on any atom is -0.340 e. The second-order valence-corrected chi connectivity index (χ2v) is 6.12. The van der Waals surface area contributed by atoms with E-state index in [9.17, 15) is 4.79 Å². The highest BCUT2D eigenvalue weighted by atomic mass is 16.2. The lowest BCUT2D eigenvalue weighted by Crippen LogP contribution is -2.34. The molecule has 5 nitrogen and oxygen atoms in total. The Morgan fingerprint density at radius 1 is 1.17 bits per heavy atom. The third-order valence-electron chi connectivity index (χ3n) is 4.26. The fourth-order valence-corrected chi connectivity index (χ4v) is 3.04. The van der Waals surface area contributed by atoms with Crippen molar-refractivity contribution >= 4 is 17.5 Å². The Morgan fingerprint density at radius 3 is 2.48 bits per heavy atom. The number of benzene rings is 1. The van der Waals surface area contributed by atoms with E-state index in [1.807, 2.05) is 57.3 Å². The predicted molar refractivity (Wildman–Crippen MR) is 91.7 cm³/mol. The molecule has 0 spiro atoms. The first-order valence-electron chi connectivity index (χ1n) is 7.94. The van der Waals surface area contributed by atoms with Gasteiger partial charge in [0.15, 0.2) is 0 Å². The molecule has 1 atom stereocenters. The second-order valence-electron chi connectivity index (χ2n) is 6.12.